The quantitative estimate of drug-likeness (QED) is 0.0911. The summed E-state index contributed by atoms with van der Waals surface area (Å²) in [6, 6.07) is 15.9. The summed E-state index contributed by atoms with van der Waals surface area (Å²) in [4.78, 5) is 4.28. The number of aryl methyl sites for hydroxylation is 2. The molecule has 0 aliphatic heterocycles. The highest BCUT2D eigenvalue weighted by molar-refractivity contribution is 7.98. The van der Waals surface area contributed by atoms with Gasteiger partial charge in [0.25, 0.3) is 0 Å². The largest absolute Gasteiger partial charge is 0.434 e. The summed E-state index contributed by atoms with van der Waals surface area (Å²) in [6.07, 6.45) is -0.581. The van der Waals surface area contributed by atoms with Gasteiger partial charge in [-0.15, -0.1) is 11.8 Å². The number of halogens is 4. The summed E-state index contributed by atoms with van der Waals surface area (Å²) < 4.78 is 56.8. The van der Waals surface area contributed by atoms with Crippen LogP contribution in [0, 0.1) is 19.7 Å². The van der Waals surface area contributed by atoms with Crippen LogP contribution in [0.4, 0.5) is 23.2 Å². The minimum Gasteiger partial charge on any atom is -0.403 e. The van der Waals surface area contributed by atoms with Crippen molar-refractivity contribution in [1.82, 2.24) is 9.55 Å². The molecule has 0 saturated carbocycles. The number of thioether (sulfide) groups is 1. The second kappa shape index (κ2) is 12.0. The van der Waals surface area contributed by atoms with Crippen LogP contribution < -0.4 is 16.6 Å². The van der Waals surface area contributed by atoms with E-state index in [2.05, 4.69) is 4.98 Å². The molecule has 4 aromatic rings. The molecule has 1 unspecified atom stereocenters. The van der Waals surface area contributed by atoms with E-state index in [1.165, 1.54) is 40.5 Å². The van der Waals surface area contributed by atoms with Gasteiger partial charge in [-0.25, -0.2) is 15.2 Å². The van der Waals surface area contributed by atoms with Crippen molar-refractivity contribution in [2.24, 2.45) is 11.6 Å². The van der Waals surface area contributed by atoms with Gasteiger partial charge in [0.15, 0.2) is 5.69 Å². The van der Waals surface area contributed by atoms with E-state index < -0.39 is 24.3 Å². The third-order valence-electron chi connectivity index (χ3n) is 7.00. The highest BCUT2D eigenvalue weighted by atomic mass is 32.2. The Labute approximate surface area is 240 Å². The van der Waals surface area contributed by atoms with Crippen molar-refractivity contribution in [2.45, 2.75) is 44.4 Å². The lowest BCUT2D eigenvalue weighted by Gasteiger charge is -2.29. The molecule has 6 nitrogen and oxygen atoms in total. The van der Waals surface area contributed by atoms with Gasteiger partial charge in [0, 0.05) is 28.8 Å². The number of aromatic nitrogens is 2. The standard InChI is InChI=1S/C30H31F4N5OS/c1-17-5-7-20(8-6-17)18(2)27(14-35)39(36)26-12-21(22-11-24(31)23(16-40)28(13-22)41-4)9-10-25(26)38-15-29(30(32,33)34)37-19(38)3/h5-15,18,40H,16,35-36H2,1-4H3/b27-14-. The van der Waals surface area contributed by atoms with E-state index in [1.54, 1.807) is 30.5 Å². The van der Waals surface area contributed by atoms with Crippen molar-refractivity contribution in [2.75, 3.05) is 11.3 Å². The van der Waals surface area contributed by atoms with Gasteiger partial charge in [0.05, 0.1) is 23.7 Å². The first kappa shape index (κ1) is 30.2. The van der Waals surface area contributed by atoms with Crippen molar-refractivity contribution in [1.29, 1.82) is 0 Å². The van der Waals surface area contributed by atoms with Crippen LogP contribution in [0.15, 0.2) is 77.6 Å². The van der Waals surface area contributed by atoms with Crippen LogP contribution in [0.25, 0.3) is 16.8 Å². The predicted octanol–water partition coefficient (Wildman–Crippen LogP) is 6.81. The SMILES string of the molecule is CSc1cc(-c2ccc(-n3cc(C(F)(F)F)nc3C)c(N(N)/C(=C\N)C(C)c3ccc(C)cc3)c2)cc(F)c1CO. The zero-order valence-corrected chi connectivity index (χ0v) is 23.8. The first-order valence-corrected chi connectivity index (χ1v) is 13.9. The van der Waals surface area contributed by atoms with Crippen molar-refractivity contribution in [3.63, 3.8) is 0 Å². The third kappa shape index (κ3) is 6.12. The molecule has 11 heteroatoms. The molecule has 0 aliphatic carbocycles. The molecule has 0 amide bonds. The van der Waals surface area contributed by atoms with Crippen molar-refractivity contribution in [3.05, 3.63) is 107 Å². The maximum Gasteiger partial charge on any atom is 0.434 e. The van der Waals surface area contributed by atoms with Crippen LogP contribution >= 0.6 is 11.8 Å². The zero-order valence-electron chi connectivity index (χ0n) is 23.0. The molecule has 216 valence electrons. The summed E-state index contributed by atoms with van der Waals surface area (Å²) in [7, 11) is 0. The molecule has 0 saturated heterocycles. The number of rotatable bonds is 8. The lowest BCUT2D eigenvalue weighted by molar-refractivity contribution is -0.141. The number of hydrazine groups is 1. The van der Waals surface area contributed by atoms with Gasteiger partial charge < -0.3 is 15.4 Å². The number of aliphatic hydroxyl groups excluding tert-OH is 1. The molecule has 5 N–H and O–H groups in total. The molecule has 1 atom stereocenters. The fraction of sp³-hybridized carbons (Fsp3) is 0.233. The van der Waals surface area contributed by atoms with Gasteiger partial charge in [-0.05, 0) is 61.1 Å². The summed E-state index contributed by atoms with van der Waals surface area (Å²) in [5.74, 6) is 5.95. The van der Waals surface area contributed by atoms with Crippen molar-refractivity contribution >= 4 is 17.4 Å². The van der Waals surface area contributed by atoms with Crippen LogP contribution in [-0.4, -0.2) is 20.9 Å². The fourth-order valence-corrected chi connectivity index (χ4v) is 5.32. The summed E-state index contributed by atoms with van der Waals surface area (Å²) >= 11 is 1.29. The number of aliphatic hydroxyl groups is 1. The van der Waals surface area contributed by atoms with Crippen molar-refractivity contribution < 1.29 is 22.7 Å². The Hall–Kier alpha value is -3.80. The van der Waals surface area contributed by atoms with Gasteiger partial charge >= 0.3 is 6.18 Å². The summed E-state index contributed by atoms with van der Waals surface area (Å²) in [6.45, 7) is 4.91. The smallest absolute Gasteiger partial charge is 0.403 e. The Morgan fingerprint density at radius 1 is 1.10 bits per heavy atom. The molecule has 4 rings (SSSR count). The molecule has 3 aromatic carbocycles. The average Bonchev–Trinajstić information content (AvgIpc) is 3.34. The number of nitrogens with two attached hydrogens (primary N) is 2. The topological polar surface area (TPSA) is 93.3 Å². The second-order valence-corrected chi connectivity index (χ2v) is 10.5. The number of allylic oxidation sites excluding steroid dienone is 1. The normalized spacial score (nSPS) is 13.0. The molecule has 0 radical (unpaired) electrons. The first-order valence-electron chi connectivity index (χ1n) is 12.7. The van der Waals surface area contributed by atoms with E-state index in [1.807, 2.05) is 38.1 Å². The second-order valence-electron chi connectivity index (χ2n) is 9.64. The van der Waals surface area contributed by atoms with Gasteiger partial charge in [0.2, 0.25) is 0 Å². The van der Waals surface area contributed by atoms with E-state index in [-0.39, 0.29) is 17.3 Å². The number of hydrogen-bond acceptors (Lipinski definition) is 6. The molecular weight excluding hydrogens is 554 g/mol. The van der Waals surface area contributed by atoms with E-state index in [9.17, 15) is 22.7 Å². The number of nitrogens with zero attached hydrogens (tertiary/aromatic N) is 3. The van der Waals surface area contributed by atoms with Gasteiger partial charge in [-0.1, -0.05) is 42.8 Å². The minimum atomic E-state index is -4.64. The molecule has 41 heavy (non-hydrogen) atoms. The lowest BCUT2D eigenvalue weighted by Crippen LogP contribution is -2.34. The van der Waals surface area contributed by atoms with Crippen LogP contribution in [-0.2, 0) is 12.8 Å². The van der Waals surface area contributed by atoms with Crippen LogP contribution in [0.3, 0.4) is 0 Å². The van der Waals surface area contributed by atoms with Crippen LogP contribution in [0.1, 0.15) is 41.1 Å². The minimum absolute atomic E-state index is 0.104. The Morgan fingerprint density at radius 2 is 1.78 bits per heavy atom. The Balaban J connectivity index is 1.91. The number of hydrogen-bond donors (Lipinski definition) is 3. The van der Waals surface area contributed by atoms with Gasteiger partial charge in [0.1, 0.15) is 11.6 Å². The van der Waals surface area contributed by atoms with Gasteiger partial charge in [-0.3, -0.25) is 5.01 Å². The number of benzene rings is 3. The predicted molar refractivity (Wildman–Crippen MR) is 155 cm³/mol. The Bertz CT molecular complexity index is 1580. The summed E-state index contributed by atoms with van der Waals surface area (Å²) in [5, 5.41) is 11.0. The number of imidazole rings is 1. The summed E-state index contributed by atoms with van der Waals surface area (Å²) in [5.41, 5.74) is 9.45. The third-order valence-corrected chi connectivity index (χ3v) is 7.81. The number of alkyl halides is 3. The highest BCUT2D eigenvalue weighted by Crippen LogP contribution is 2.38. The average molecular weight is 586 g/mol. The van der Waals surface area contributed by atoms with E-state index in [0.717, 1.165) is 17.3 Å². The molecule has 0 aliphatic rings. The maximum atomic E-state index is 14.9. The number of anilines is 1. The maximum absolute atomic E-state index is 14.9. The molecule has 1 heterocycles. The monoisotopic (exact) mass is 585 g/mol. The van der Waals surface area contributed by atoms with E-state index in [0.29, 0.717) is 33.1 Å². The van der Waals surface area contributed by atoms with Crippen molar-refractivity contribution in [3.8, 4) is 16.8 Å². The van der Waals surface area contributed by atoms with E-state index >= 15 is 0 Å². The molecule has 0 bridgehead atoms. The van der Waals surface area contributed by atoms with E-state index in [4.69, 9.17) is 11.6 Å². The fourth-order valence-electron chi connectivity index (χ4n) is 4.66. The highest BCUT2D eigenvalue weighted by Gasteiger charge is 2.35. The van der Waals surface area contributed by atoms with Gasteiger partial charge in [-0.2, -0.15) is 13.2 Å². The van der Waals surface area contributed by atoms with Crippen LogP contribution in [0.5, 0.6) is 0 Å². The molecule has 0 spiro atoms. The zero-order chi connectivity index (χ0) is 30.1. The molecular formula is C30H31F4N5OS. The Morgan fingerprint density at radius 3 is 2.34 bits per heavy atom. The lowest BCUT2D eigenvalue weighted by atomic mass is 9.96. The molecule has 1 aromatic heterocycles. The Kier molecular flexibility index (Phi) is 8.81. The molecule has 0 fully saturated rings. The first-order chi connectivity index (χ1) is 19.4. The van der Waals surface area contributed by atoms with Crippen LogP contribution in [0.2, 0.25) is 0 Å².